The fraction of sp³-hybridized carbons (Fsp3) is 0.250. The van der Waals surface area contributed by atoms with Crippen LogP contribution in [0.3, 0.4) is 0 Å². The number of phenols is 1. The van der Waals surface area contributed by atoms with Crippen molar-refractivity contribution in [3.8, 4) is 5.75 Å². The second kappa shape index (κ2) is 6.66. The predicted octanol–water partition coefficient (Wildman–Crippen LogP) is 0.396. The molecule has 0 spiro atoms. The summed E-state index contributed by atoms with van der Waals surface area (Å²) in [6.07, 6.45) is 0.394. The summed E-state index contributed by atoms with van der Waals surface area (Å²) in [5.41, 5.74) is 0.844. The van der Waals surface area contributed by atoms with Crippen LogP contribution in [-0.2, 0) is 15.5 Å². The van der Waals surface area contributed by atoms with Crippen molar-refractivity contribution in [3.63, 3.8) is 0 Å². The van der Waals surface area contributed by atoms with Gasteiger partial charge in [0, 0.05) is 0 Å². The zero-order valence-corrected chi connectivity index (χ0v) is 8.22. The Morgan fingerprint density at radius 3 is 2.20 bits per heavy atom. The fourth-order valence-electron chi connectivity index (χ4n) is 0.945. The van der Waals surface area contributed by atoms with E-state index < -0.39 is 7.82 Å². The summed E-state index contributed by atoms with van der Waals surface area (Å²) in [7, 11) is -4.36. The quantitative estimate of drug-likeness (QED) is 0.525. The number of rotatable bonds is 4. The summed E-state index contributed by atoms with van der Waals surface area (Å²) < 4.78 is 14.6. The number of aromatic hydroxyl groups is 1. The predicted molar refractivity (Wildman–Crippen MR) is 57.0 cm³/mol. The molecule has 0 aliphatic carbocycles. The molecule has 15 heavy (non-hydrogen) atoms. The molecule has 0 amide bonds. The van der Waals surface area contributed by atoms with Crippen LogP contribution in [0.15, 0.2) is 24.3 Å². The topological polar surface area (TPSA) is 87.0 Å². The normalized spacial score (nSPS) is 10.8. The Morgan fingerprint density at radius 2 is 1.73 bits per heavy atom. The summed E-state index contributed by atoms with van der Waals surface area (Å²) in [6, 6.07) is 6.34. The van der Waals surface area contributed by atoms with Crippen LogP contribution in [0.1, 0.15) is 5.56 Å². The maximum atomic E-state index is 10.3. The third kappa shape index (κ3) is 7.09. The van der Waals surface area contributed by atoms with Gasteiger partial charge in [-0.25, -0.2) is 4.57 Å². The molecule has 1 aromatic carbocycles. The van der Waals surface area contributed by atoms with Gasteiger partial charge in [0.1, 0.15) is 5.75 Å². The van der Waals surface area contributed by atoms with Crippen LogP contribution >= 0.6 is 7.82 Å². The summed E-state index contributed by atoms with van der Waals surface area (Å²) in [5, 5.41) is 8.96. The molecule has 0 fully saturated rings. The van der Waals surface area contributed by atoms with Gasteiger partial charge in [0.05, 0.1) is 6.61 Å². The van der Waals surface area contributed by atoms with Gasteiger partial charge in [-0.05, 0) is 24.1 Å². The number of hydrogen-bond donors (Lipinski definition) is 3. The molecular weight excluding hydrogens is 230 g/mol. The van der Waals surface area contributed by atoms with E-state index in [1.165, 1.54) is 12.1 Å². The Morgan fingerprint density at radius 1 is 1.20 bits per heavy atom. The van der Waals surface area contributed by atoms with Crippen LogP contribution in [0.2, 0.25) is 0 Å². The first-order chi connectivity index (χ1) is 6.47. The van der Waals surface area contributed by atoms with Crippen LogP contribution in [0, 0.1) is 0 Å². The molecule has 7 heteroatoms. The molecule has 1 rings (SSSR count). The molecule has 0 aromatic heterocycles. The van der Waals surface area contributed by atoms with E-state index in [0.717, 1.165) is 5.56 Å². The summed E-state index contributed by atoms with van der Waals surface area (Å²) in [6.45, 7) is -0.0466. The second-order valence-corrected chi connectivity index (χ2v) is 3.98. The van der Waals surface area contributed by atoms with Crippen molar-refractivity contribution in [2.24, 2.45) is 0 Å². The first-order valence-corrected chi connectivity index (χ1v) is 5.48. The van der Waals surface area contributed by atoms with Crippen molar-refractivity contribution in [2.45, 2.75) is 6.42 Å². The van der Waals surface area contributed by atoms with E-state index in [9.17, 15) is 4.57 Å². The van der Waals surface area contributed by atoms with E-state index in [0.29, 0.717) is 6.42 Å². The van der Waals surface area contributed by atoms with Gasteiger partial charge in [-0.2, -0.15) is 0 Å². The first-order valence-electron chi connectivity index (χ1n) is 3.95. The third-order valence-corrected chi connectivity index (χ3v) is 2.11. The van der Waals surface area contributed by atoms with Crippen molar-refractivity contribution >= 4 is 37.4 Å². The molecule has 80 valence electrons. The minimum atomic E-state index is -4.36. The maximum absolute atomic E-state index is 10.3. The fourth-order valence-corrected chi connectivity index (χ4v) is 1.27. The average molecular weight is 242 g/mol. The molecule has 0 atom stereocenters. The van der Waals surface area contributed by atoms with E-state index in [1.54, 1.807) is 12.1 Å². The van der Waals surface area contributed by atoms with Gasteiger partial charge in [-0.3, -0.25) is 4.52 Å². The minimum absolute atomic E-state index is 0. The SMILES string of the molecule is O=P(O)(O)OCCc1ccc(O)cc1.[NaH]. The Balaban J connectivity index is 0.00000196. The average Bonchev–Trinajstić information content (AvgIpc) is 2.06. The summed E-state index contributed by atoms with van der Waals surface area (Å²) in [5.74, 6) is 0.157. The van der Waals surface area contributed by atoms with E-state index in [2.05, 4.69) is 4.52 Å². The number of benzene rings is 1. The van der Waals surface area contributed by atoms with Crippen molar-refractivity contribution in [1.82, 2.24) is 0 Å². The molecule has 0 bridgehead atoms. The summed E-state index contributed by atoms with van der Waals surface area (Å²) >= 11 is 0. The third-order valence-electron chi connectivity index (χ3n) is 1.59. The van der Waals surface area contributed by atoms with Gasteiger partial charge in [-0.15, -0.1) is 0 Å². The van der Waals surface area contributed by atoms with Gasteiger partial charge in [-0.1, -0.05) is 12.1 Å². The molecule has 0 unspecified atom stereocenters. The van der Waals surface area contributed by atoms with Crippen LogP contribution in [0.25, 0.3) is 0 Å². The molecule has 1 aromatic rings. The second-order valence-electron chi connectivity index (χ2n) is 2.74. The first kappa shape index (κ1) is 15.1. The van der Waals surface area contributed by atoms with E-state index in [1.807, 2.05) is 0 Å². The van der Waals surface area contributed by atoms with Gasteiger partial charge in [0.15, 0.2) is 0 Å². The molecule has 0 aliphatic heterocycles. The van der Waals surface area contributed by atoms with Crippen LogP contribution < -0.4 is 0 Å². The van der Waals surface area contributed by atoms with Crippen molar-refractivity contribution in [1.29, 1.82) is 0 Å². The number of hydrogen-bond acceptors (Lipinski definition) is 3. The molecule has 5 nitrogen and oxygen atoms in total. The van der Waals surface area contributed by atoms with Gasteiger partial charge < -0.3 is 14.9 Å². The molecule has 0 heterocycles. The molecule has 3 N–H and O–H groups in total. The van der Waals surface area contributed by atoms with Gasteiger partial charge >= 0.3 is 37.4 Å². The summed E-state index contributed by atoms with van der Waals surface area (Å²) in [4.78, 5) is 16.8. The standard InChI is InChI=1S/C8H11O5P.Na.H/c9-8-3-1-7(2-4-8)5-6-13-14(10,11)12;;/h1-4,9H,5-6H2,(H2,10,11,12);;. The van der Waals surface area contributed by atoms with Crippen molar-refractivity contribution in [2.75, 3.05) is 6.61 Å². The Hall–Kier alpha value is 0.130. The molecular formula is C8H12NaO5P. The van der Waals surface area contributed by atoms with E-state index >= 15 is 0 Å². The van der Waals surface area contributed by atoms with Crippen LogP contribution in [-0.4, -0.2) is 51.1 Å². The molecule has 0 aliphatic rings. The zero-order chi connectivity index (χ0) is 10.6. The van der Waals surface area contributed by atoms with Crippen LogP contribution in [0.5, 0.6) is 5.75 Å². The molecule has 0 radical (unpaired) electrons. The van der Waals surface area contributed by atoms with Gasteiger partial charge in [0.25, 0.3) is 0 Å². The van der Waals surface area contributed by atoms with Crippen molar-refractivity contribution < 1.29 is 24.0 Å². The molecule has 0 saturated heterocycles. The van der Waals surface area contributed by atoms with Crippen LogP contribution in [0.4, 0.5) is 0 Å². The molecule has 0 saturated carbocycles. The van der Waals surface area contributed by atoms with E-state index in [4.69, 9.17) is 14.9 Å². The Kier molecular flexibility index (Phi) is 6.71. The monoisotopic (exact) mass is 242 g/mol. The zero-order valence-electron chi connectivity index (χ0n) is 7.33. The number of phenolic OH excluding ortho intramolecular Hbond substituents is 1. The Bertz CT molecular complexity index is 333. The number of phosphoric ester groups is 1. The Labute approximate surface area is 110 Å². The van der Waals surface area contributed by atoms with Crippen molar-refractivity contribution in [3.05, 3.63) is 29.8 Å². The van der Waals surface area contributed by atoms with Gasteiger partial charge in [0.2, 0.25) is 0 Å². The number of phosphoric acid groups is 1. The van der Waals surface area contributed by atoms with E-state index in [-0.39, 0.29) is 41.9 Å².